The van der Waals surface area contributed by atoms with Gasteiger partial charge in [-0.25, -0.2) is 4.39 Å². The van der Waals surface area contributed by atoms with Gasteiger partial charge in [-0.05, 0) is 47.9 Å². The summed E-state index contributed by atoms with van der Waals surface area (Å²) in [6.07, 6.45) is -4.75. The molecule has 0 fully saturated rings. The van der Waals surface area contributed by atoms with Gasteiger partial charge in [-0.1, -0.05) is 12.1 Å². The average molecular weight is 332 g/mol. The summed E-state index contributed by atoms with van der Waals surface area (Å²) in [7, 11) is 0. The van der Waals surface area contributed by atoms with Gasteiger partial charge in [-0.2, -0.15) is 13.2 Å². The third-order valence-corrected chi connectivity index (χ3v) is 3.41. The van der Waals surface area contributed by atoms with E-state index >= 15 is 0 Å². The fourth-order valence-corrected chi connectivity index (χ4v) is 2.38. The second-order valence-corrected chi connectivity index (χ2v) is 5.23. The Labute approximate surface area is 126 Å². The number of anilines is 1. The van der Waals surface area contributed by atoms with Gasteiger partial charge in [0.15, 0.2) is 0 Å². The van der Waals surface area contributed by atoms with Gasteiger partial charge in [0.2, 0.25) is 0 Å². The maximum Gasteiger partial charge on any atom is 0.419 e. The molecule has 3 nitrogen and oxygen atoms in total. The molecule has 0 aliphatic heterocycles. The summed E-state index contributed by atoms with van der Waals surface area (Å²) >= 11 is -2.48. The molecule has 0 saturated heterocycles. The summed E-state index contributed by atoms with van der Waals surface area (Å²) in [5.41, 5.74) is 0.315. The van der Waals surface area contributed by atoms with Crippen molar-refractivity contribution in [1.82, 2.24) is 0 Å². The SMILES string of the molecule is Cc1cc(-c2ccc(C(F)(F)F)c(F)c2)ccc1NS(=O)[O-]. The van der Waals surface area contributed by atoms with E-state index in [2.05, 4.69) is 4.72 Å². The monoisotopic (exact) mass is 332 g/mol. The molecule has 0 radical (unpaired) electrons. The lowest BCUT2D eigenvalue weighted by molar-refractivity contribution is -0.139. The molecular formula is C14H10F4NO2S-. The fourth-order valence-electron chi connectivity index (χ4n) is 1.97. The standard InChI is InChI=1S/C14H11F4NO2S/c1-8-6-9(3-5-13(8)19-22(20)21)10-2-4-11(12(15)7-10)14(16,17)18/h2-7,19H,1H3,(H,20,21)/p-1. The Bertz CT molecular complexity index is 731. The first-order chi connectivity index (χ1) is 10.2. The molecule has 1 unspecified atom stereocenters. The predicted molar refractivity (Wildman–Crippen MR) is 74.1 cm³/mol. The van der Waals surface area contributed by atoms with E-state index in [0.29, 0.717) is 22.9 Å². The minimum Gasteiger partial charge on any atom is -0.755 e. The maximum absolute atomic E-state index is 13.6. The molecule has 0 aliphatic rings. The second kappa shape index (κ2) is 6.05. The molecule has 2 rings (SSSR count). The van der Waals surface area contributed by atoms with E-state index in [1.165, 1.54) is 18.2 Å². The number of rotatable bonds is 3. The molecule has 22 heavy (non-hydrogen) atoms. The van der Waals surface area contributed by atoms with Gasteiger partial charge in [0.25, 0.3) is 0 Å². The van der Waals surface area contributed by atoms with Crippen LogP contribution in [-0.2, 0) is 17.4 Å². The van der Waals surface area contributed by atoms with Crippen LogP contribution in [0.2, 0.25) is 0 Å². The molecule has 0 bridgehead atoms. The summed E-state index contributed by atoms with van der Waals surface area (Å²) in [5, 5.41) is 0. The Morgan fingerprint density at radius 3 is 2.18 bits per heavy atom. The lowest BCUT2D eigenvalue weighted by Crippen LogP contribution is -2.07. The Balaban J connectivity index is 2.39. The van der Waals surface area contributed by atoms with Crippen LogP contribution in [0.25, 0.3) is 11.1 Å². The summed E-state index contributed by atoms with van der Waals surface area (Å²) in [6.45, 7) is 1.62. The van der Waals surface area contributed by atoms with Crippen LogP contribution < -0.4 is 4.72 Å². The van der Waals surface area contributed by atoms with Crippen molar-refractivity contribution in [3.63, 3.8) is 0 Å². The molecule has 0 amide bonds. The molecule has 2 aromatic carbocycles. The van der Waals surface area contributed by atoms with Gasteiger partial charge < -0.3 is 9.27 Å². The largest absolute Gasteiger partial charge is 0.755 e. The predicted octanol–water partition coefficient (Wildman–Crippen LogP) is 4.03. The number of alkyl halides is 3. The van der Waals surface area contributed by atoms with Crippen LogP contribution in [-0.4, -0.2) is 8.76 Å². The van der Waals surface area contributed by atoms with Gasteiger partial charge in [0.1, 0.15) is 5.82 Å². The van der Waals surface area contributed by atoms with Gasteiger partial charge in [0, 0.05) is 17.0 Å². The lowest BCUT2D eigenvalue weighted by Gasteiger charge is -2.13. The summed E-state index contributed by atoms with van der Waals surface area (Å²) in [4.78, 5) is 0. The highest BCUT2D eigenvalue weighted by Crippen LogP contribution is 2.34. The molecule has 2 aromatic rings. The molecule has 0 saturated carbocycles. The molecule has 0 spiro atoms. The van der Waals surface area contributed by atoms with Crippen molar-refractivity contribution in [2.24, 2.45) is 0 Å². The number of aryl methyl sites for hydroxylation is 1. The number of hydrogen-bond donors (Lipinski definition) is 1. The van der Waals surface area contributed by atoms with Crippen molar-refractivity contribution >= 4 is 17.0 Å². The van der Waals surface area contributed by atoms with Gasteiger partial charge in [-0.15, -0.1) is 0 Å². The Morgan fingerprint density at radius 2 is 1.68 bits per heavy atom. The summed E-state index contributed by atoms with van der Waals surface area (Å²) in [5.74, 6) is -1.36. The molecule has 0 aromatic heterocycles. The molecule has 118 valence electrons. The first-order valence-electron chi connectivity index (χ1n) is 6.02. The maximum atomic E-state index is 13.6. The van der Waals surface area contributed by atoms with Crippen molar-refractivity contribution in [3.05, 3.63) is 53.3 Å². The quantitative estimate of drug-likeness (QED) is 0.682. The zero-order valence-electron chi connectivity index (χ0n) is 11.2. The van der Waals surface area contributed by atoms with Crippen molar-refractivity contribution in [2.45, 2.75) is 13.1 Å². The van der Waals surface area contributed by atoms with E-state index in [4.69, 9.17) is 0 Å². The minimum atomic E-state index is -4.75. The summed E-state index contributed by atoms with van der Waals surface area (Å²) < 4.78 is 74.5. The van der Waals surface area contributed by atoms with E-state index in [-0.39, 0.29) is 5.56 Å². The topological polar surface area (TPSA) is 52.2 Å². The highest BCUT2D eigenvalue weighted by atomic mass is 32.2. The smallest absolute Gasteiger partial charge is 0.419 e. The first-order valence-corrected chi connectivity index (χ1v) is 7.09. The minimum absolute atomic E-state index is 0.267. The highest BCUT2D eigenvalue weighted by molar-refractivity contribution is 7.80. The Morgan fingerprint density at radius 1 is 1.09 bits per heavy atom. The zero-order chi connectivity index (χ0) is 16.5. The average Bonchev–Trinajstić information content (AvgIpc) is 2.39. The molecule has 0 heterocycles. The second-order valence-electron chi connectivity index (χ2n) is 4.56. The molecular weight excluding hydrogens is 322 g/mol. The number of nitrogens with one attached hydrogen (secondary N) is 1. The van der Waals surface area contributed by atoms with Crippen molar-refractivity contribution in [1.29, 1.82) is 0 Å². The number of halogens is 4. The van der Waals surface area contributed by atoms with E-state index < -0.39 is 28.8 Å². The summed E-state index contributed by atoms with van der Waals surface area (Å²) in [6, 6.07) is 7.15. The number of benzene rings is 2. The van der Waals surface area contributed by atoms with Crippen molar-refractivity contribution in [2.75, 3.05) is 4.72 Å². The van der Waals surface area contributed by atoms with Gasteiger partial charge >= 0.3 is 6.18 Å². The fraction of sp³-hybridized carbons (Fsp3) is 0.143. The van der Waals surface area contributed by atoms with Crippen LogP contribution in [0, 0.1) is 12.7 Å². The molecule has 0 aliphatic carbocycles. The van der Waals surface area contributed by atoms with Crippen LogP contribution in [0.1, 0.15) is 11.1 Å². The normalized spacial score (nSPS) is 13.0. The zero-order valence-corrected chi connectivity index (χ0v) is 12.0. The highest BCUT2D eigenvalue weighted by Gasteiger charge is 2.33. The van der Waals surface area contributed by atoms with E-state index in [9.17, 15) is 26.3 Å². The third kappa shape index (κ3) is 3.63. The molecule has 1 N–H and O–H groups in total. The molecule has 8 heteroatoms. The lowest BCUT2D eigenvalue weighted by atomic mass is 10.0. The first kappa shape index (κ1) is 16.4. The van der Waals surface area contributed by atoms with Crippen LogP contribution in [0.4, 0.5) is 23.2 Å². The van der Waals surface area contributed by atoms with Gasteiger partial charge in [-0.3, -0.25) is 4.21 Å². The van der Waals surface area contributed by atoms with Crippen LogP contribution >= 0.6 is 0 Å². The van der Waals surface area contributed by atoms with Gasteiger partial charge in [0.05, 0.1) is 5.56 Å². The molecule has 1 atom stereocenters. The van der Waals surface area contributed by atoms with Crippen LogP contribution in [0.3, 0.4) is 0 Å². The van der Waals surface area contributed by atoms with E-state index in [1.807, 2.05) is 0 Å². The van der Waals surface area contributed by atoms with Crippen molar-refractivity contribution < 1.29 is 26.3 Å². The van der Waals surface area contributed by atoms with E-state index in [1.54, 1.807) is 13.0 Å². The third-order valence-electron chi connectivity index (χ3n) is 3.03. The van der Waals surface area contributed by atoms with E-state index in [0.717, 1.165) is 6.07 Å². The Kier molecular flexibility index (Phi) is 4.52. The van der Waals surface area contributed by atoms with Crippen molar-refractivity contribution in [3.8, 4) is 11.1 Å². The Hall–Kier alpha value is -1.93. The van der Waals surface area contributed by atoms with Crippen LogP contribution in [0.15, 0.2) is 36.4 Å². The van der Waals surface area contributed by atoms with Crippen LogP contribution in [0.5, 0.6) is 0 Å². The number of hydrogen-bond acceptors (Lipinski definition) is 2.